The van der Waals surface area contributed by atoms with Gasteiger partial charge in [-0.3, -0.25) is 0 Å². The highest BCUT2D eigenvalue weighted by molar-refractivity contribution is 5.38. The molecule has 1 N–H and O–H groups in total. The van der Waals surface area contributed by atoms with Crippen molar-refractivity contribution in [2.45, 2.75) is 25.3 Å². The number of fused-ring (bicyclic) bond motifs is 1. The first kappa shape index (κ1) is 14.1. The van der Waals surface area contributed by atoms with E-state index in [2.05, 4.69) is 24.4 Å². The Bertz CT molecular complexity index is 614. The number of nitrogens with one attached hydrogen (secondary N) is 1. The predicted molar refractivity (Wildman–Crippen MR) is 82.1 cm³/mol. The van der Waals surface area contributed by atoms with Gasteiger partial charge in [-0.15, -0.1) is 0 Å². The van der Waals surface area contributed by atoms with Crippen LogP contribution in [0.5, 0.6) is 5.75 Å². The number of hydrogen-bond donors (Lipinski definition) is 1. The van der Waals surface area contributed by atoms with Crippen LogP contribution in [0.2, 0.25) is 0 Å². The van der Waals surface area contributed by atoms with Gasteiger partial charge < -0.3 is 10.1 Å². The lowest BCUT2D eigenvalue weighted by atomic mass is 9.92. The van der Waals surface area contributed by atoms with Crippen molar-refractivity contribution in [3.8, 4) is 5.75 Å². The van der Waals surface area contributed by atoms with Crippen LogP contribution in [0, 0.1) is 5.82 Å². The lowest BCUT2D eigenvalue weighted by Crippen LogP contribution is -2.28. The van der Waals surface area contributed by atoms with E-state index in [0.717, 1.165) is 30.9 Å². The van der Waals surface area contributed by atoms with Gasteiger partial charge in [0.2, 0.25) is 0 Å². The quantitative estimate of drug-likeness (QED) is 0.915. The third kappa shape index (κ3) is 3.24. The molecule has 3 rings (SSSR count). The van der Waals surface area contributed by atoms with Crippen LogP contribution in [0.25, 0.3) is 0 Å². The Hall–Kier alpha value is -1.87. The van der Waals surface area contributed by atoms with E-state index >= 15 is 0 Å². The summed E-state index contributed by atoms with van der Waals surface area (Å²) in [5.41, 5.74) is 2.25. The van der Waals surface area contributed by atoms with Gasteiger partial charge in [-0.05, 0) is 42.7 Å². The lowest BCUT2D eigenvalue weighted by Gasteiger charge is -2.27. The summed E-state index contributed by atoms with van der Waals surface area (Å²) in [5, 5.41) is 3.51. The van der Waals surface area contributed by atoms with Gasteiger partial charge in [0.1, 0.15) is 11.6 Å². The van der Waals surface area contributed by atoms with Crippen molar-refractivity contribution in [1.82, 2.24) is 5.32 Å². The van der Waals surface area contributed by atoms with E-state index in [-0.39, 0.29) is 11.9 Å². The highest BCUT2D eigenvalue weighted by Gasteiger charge is 2.21. The van der Waals surface area contributed by atoms with E-state index in [9.17, 15) is 4.39 Å². The number of benzene rings is 2. The molecule has 21 heavy (non-hydrogen) atoms. The van der Waals surface area contributed by atoms with Crippen molar-refractivity contribution in [3.05, 3.63) is 65.5 Å². The highest BCUT2D eigenvalue weighted by atomic mass is 19.1. The molecule has 0 radical (unpaired) electrons. The average molecular weight is 285 g/mol. The maximum atomic E-state index is 13.3. The summed E-state index contributed by atoms with van der Waals surface area (Å²) in [6.07, 6.45) is 1.01. The van der Waals surface area contributed by atoms with E-state index in [1.165, 1.54) is 11.6 Å². The molecule has 2 nitrogen and oxygen atoms in total. The van der Waals surface area contributed by atoms with Crippen molar-refractivity contribution in [2.75, 3.05) is 13.2 Å². The topological polar surface area (TPSA) is 21.3 Å². The fraction of sp³-hybridized carbons (Fsp3) is 0.333. The summed E-state index contributed by atoms with van der Waals surface area (Å²) >= 11 is 0. The van der Waals surface area contributed by atoms with E-state index in [1.54, 1.807) is 12.1 Å². The number of halogens is 1. The van der Waals surface area contributed by atoms with E-state index < -0.39 is 0 Å². The first-order valence-electron chi connectivity index (χ1n) is 7.44. The summed E-state index contributed by atoms with van der Waals surface area (Å²) in [7, 11) is 0. The highest BCUT2D eigenvalue weighted by Crippen LogP contribution is 2.33. The Kier molecular flexibility index (Phi) is 4.20. The number of hydrogen-bond acceptors (Lipinski definition) is 2. The Morgan fingerprint density at radius 2 is 2.10 bits per heavy atom. The summed E-state index contributed by atoms with van der Waals surface area (Å²) in [5.74, 6) is 1.26. The first-order valence-corrected chi connectivity index (χ1v) is 7.44. The Balaban J connectivity index is 1.66. The third-order valence-corrected chi connectivity index (χ3v) is 4.10. The molecule has 1 aliphatic heterocycles. The molecule has 3 heteroatoms. The summed E-state index contributed by atoms with van der Waals surface area (Å²) < 4.78 is 19.0. The van der Waals surface area contributed by atoms with Crippen molar-refractivity contribution in [2.24, 2.45) is 0 Å². The van der Waals surface area contributed by atoms with E-state index in [0.29, 0.717) is 5.92 Å². The molecule has 0 saturated carbocycles. The zero-order chi connectivity index (χ0) is 14.7. The number of ether oxygens (including phenoxy) is 1. The van der Waals surface area contributed by atoms with Gasteiger partial charge in [-0.2, -0.15) is 0 Å². The van der Waals surface area contributed by atoms with Gasteiger partial charge in [0.05, 0.1) is 6.61 Å². The smallest absolute Gasteiger partial charge is 0.123 e. The minimum atomic E-state index is -0.183. The molecule has 2 atom stereocenters. The van der Waals surface area contributed by atoms with Gasteiger partial charge in [-0.25, -0.2) is 4.39 Å². The van der Waals surface area contributed by atoms with Crippen LogP contribution < -0.4 is 10.1 Å². The van der Waals surface area contributed by atoms with Gasteiger partial charge in [0.25, 0.3) is 0 Å². The van der Waals surface area contributed by atoms with Gasteiger partial charge in [-0.1, -0.05) is 30.3 Å². The zero-order valence-corrected chi connectivity index (χ0v) is 12.2. The summed E-state index contributed by atoms with van der Waals surface area (Å²) in [4.78, 5) is 0. The normalized spacial score (nSPS) is 18.7. The van der Waals surface area contributed by atoms with E-state index in [1.807, 2.05) is 18.2 Å². The minimum absolute atomic E-state index is 0.135. The average Bonchev–Trinajstić information content (AvgIpc) is 2.52. The predicted octanol–water partition coefficient (Wildman–Crippen LogP) is 4.04. The first-order chi connectivity index (χ1) is 10.2. The molecule has 1 aliphatic rings. The van der Waals surface area contributed by atoms with Crippen LogP contribution in [0.15, 0.2) is 48.5 Å². The summed E-state index contributed by atoms with van der Waals surface area (Å²) in [6.45, 7) is 3.70. The van der Waals surface area contributed by atoms with Crippen LogP contribution in [0.1, 0.15) is 36.4 Å². The summed E-state index contributed by atoms with van der Waals surface area (Å²) in [6, 6.07) is 15.1. The monoisotopic (exact) mass is 285 g/mol. The molecule has 0 fully saturated rings. The lowest BCUT2D eigenvalue weighted by molar-refractivity contribution is 0.263. The van der Waals surface area contributed by atoms with Crippen LogP contribution in [-0.4, -0.2) is 13.2 Å². The second-order valence-electron chi connectivity index (χ2n) is 5.56. The van der Waals surface area contributed by atoms with Crippen LogP contribution in [-0.2, 0) is 0 Å². The molecule has 2 aromatic rings. The molecule has 0 spiro atoms. The van der Waals surface area contributed by atoms with Crippen molar-refractivity contribution >= 4 is 0 Å². The molecule has 0 aromatic heterocycles. The molecule has 0 amide bonds. The fourth-order valence-electron chi connectivity index (χ4n) is 2.84. The van der Waals surface area contributed by atoms with Crippen molar-refractivity contribution in [3.63, 3.8) is 0 Å². The molecule has 2 unspecified atom stereocenters. The Labute approximate surface area is 125 Å². The van der Waals surface area contributed by atoms with Crippen LogP contribution >= 0.6 is 0 Å². The molecule has 0 saturated heterocycles. The maximum Gasteiger partial charge on any atom is 0.123 e. The minimum Gasteiger partial charge on any atom is -0.493 e. The standard InChI is InChI=1S/C18H20FNO/c1-13(14-5-4-6-16(19)11-14)20-12-15-9-10-21-18-8-3-2-7-17(15)18/h2-8,11,13,15,20H,9-10,12H2,1H3. The molecule has 110 valence electrons. The van der Waals surface area contributed by atoms with Crippen LogP contribution in [0.4, 0.5) is 4.39 Å². The SMILES string of the molecule is CC(NCC1CCOc2ccccc21)c1cccc(F)c1. The molecule has 0 aliphatic carbocycles. The molecular weight excluding hydrogens is 265 g/mol. The molecule has 1 heterocycles. The molecular formula is C18H20FNO. The Morgan fingerprint density at radius 1 is 1.24 bits per heavy atom. The van der Waals surface area contributed by atoms with Gasteiger partial charge >= 0.3 is 0 Å². The van der Waals surface area contributed by atoms with Gasteiger partial charge in [0.15, 0.2) is 0 Å². The van der Waals surface area contributed by atoms with Gasteiger partial charge in [0, 0.05) is 18.5 Å². The second-order valence-corrected chi connectivity index (χ2v) is 5.56. The number of rotatable bonds is 4. The third-order valence-electron chi connectivity index (χ3n) is 4.10. The fourth-order valence-corrected chi connectivity index (χ4v) is 2.84. The molecule has 2 aromatic carbocycles. The number of para-hydroxylation sites is 1. The zero-order valence-electron chi connectivity index (χ0n) is 12.2. The molecule has 0 bridgehead atoms. The largest absolute Gasteiger partial charge is 0.493 e. The maximum absolute atomic E-state index is 13.3. The van der Waals surface area contributed by atoms with Crippen LogP contribution in [0.3, 0.4) is 0 Å². The van der Waals surface area contributed by atoms with Crippen molar-refractivity contribution in [1.29, 1.82) is 0 Å². The Morgan fingerprint density at radius 3 is 2.95 bits per heavy atom. The van der Waals surface area contributed by atoms with E-state index in [4.69, 9.17) is 4.74 Å². The second kappa shape index (κ2) is 6.27. The van der Waals surface area contributed by atoms with Crippen molar-refractivity contribution < 1.29 is 9.13 Å².